The Morgan fingerprint density at radius 2 is 1.73 bits per heavy atom. The van der Waals surface area contributed by atoms with E-state index in [1.807, 2.05) is 27.0 Å². The van der Waals surface area contributed by atoms with Gasteiger partial charge in [0.05, 0.1) is 7.11 Å². The fourth-order valence-electron chi connectivity index (χ4n) is 2.72. The van der Waals surface area contributed by atoms with Gasteiger partial charge in [-0.15, -0.1) is 0 Å². The van der Waals surface area contributed by atoms with E-state index in [0.717, 1.165) is 17.4 Å². The molecule has 0 aliphatic rings. The number of pyridine rings is 2. The van der Waals surface area contributed by atoms with E-state index in [1.54, 1.807) is 13.3 Å². The number of ketones is 1. The molecule has 0 saturated carbocycles. The molecule has 3 aromatic rings. The van der Waals surface area contributed by atoms with Crippen LogP contribution >= 0.6 is 0 Å². The van der Waals surface area contributed by atoms with Crippen LogP contribution in [-0.2, 0) is 6.42 Å². The molecule has 0 N–H and O–H groups in total. The predicted molar refractivity (Wildman–Crippen MR) is 106 cm³/mol. The zero-order valence-corrected chi connectivity index (χ0v) is 16.2. The summed E-state index contributed by atoms with van der Waals surface area (Å²) in [6, 6.07) is 10.5. The third-order valence-electron chi connectivity index (χ3n) is 4.05. The van der Waals surface area contributed by atoms with Crippen LogP contribution in [0.5, 0.6) is 5.75 Å². The maximum Gasteiger partial charge on any atom is 0.184 e. The summed E-state index contributed by atoms with van der Waals surface area (Å²) in [6.07, 6.45) is 4.73. The number of nitrogens with zero attached hydrogens (tertiary/aromatic N) is 2. The van der Waals surface area contributed by atoms with Crippen LogP contribution in [0.3, 0.4) is 0 Å². The smallest absolute Gasteiger partial charge is 0.184 e. The fraction of sp³-hybridized carbons (Fsp3) is 0.318. The third-order valence-corrected chi connectivity index (χ3v) is 4.05. The molecule has 0 radical (unpaired) electrons. The molecule has 0 bridgehead atoms. The van der Waals surface area contributed by atoms with Crippen LogP contribution < -0.4 is 4.74 Å². The SMILES string of the molecule is CC.CCC(=O)c1ncc2cc(Cc3ccc(C)cc3)cnc2c1OC. The Morgan fingerprint density at radius 3 is 2.35 bits per heavy atom. The van der Waals surface area contributed by atoms with Crippen LogP contribution in [0.2, 0.25) is 0 Å². The van der Waals surface area contributed by atoms with Crippen molar-refractivity contribution in [1.82, 2.24) is 9.97 Å². The van der Waals surface area contributed by atoms with Crippen molar-refractivity contribution in [2.45, 2.75) is 40.5 Å². The lowest BCUT2D eigenvalue weighted by atomic mass is 10.0. The van der Waals surface area contributed by atoms with Crippen molar-refractivity contribution in [1.29, 1.82) is 0 Å². The Bertz CT molecular complexity index is 887. The highest BCUT2D eigenvalue weighted by Crippen LogP contribution is 2.28. The van der Waals surface area contributed by atoms with Gasteiger partial charge in [0.2, 0.25) is 0 Å². The van der Waals surface area contributed by atoms with Crippen LogP contribution in [0.1, 0.15) is 54.4 Å². The zero-order valence-electron chi connectivity index (χ0n) is 16.2. The Balaban J connectivity index is 0.00000117. The lowest BCUT2D eigenvalue weighted by Crippen LogP contribution is -2.05. The normalized spacial score (nSPS) is 10.2. The molecular formula is C22H26N2O2. The quantitative estimate of drug-likeness (QED) is 0.597. The van der Waals surface area contributed by atoms with Gasteiger partial charge in [-0.1, -0.05) is 50.6 Å². The Labute approximate surface area is 155 Å². The number of benzene rings is 1. The molecule has 4 heteroatoms. The number of ether oxygens (including phenoxy) is 1. The molecule has 0 saturated heterocycles. The molecule has 0 amide bonds. The maximum atomic E-state index is 12.0. The molecule has 0 fully saturated rings. The van der Waals surface area contributed by atoms with Crippen molar-refractivity contribution in [2.75, 3.05) is 7.11 Å². The second-order valence-electron chi connectivity index (χ2n) is 5.86. The molecule has 26 heavy (non-hydrogen) atoms. The van der Waals surface area contributed by atoms with Gasteiger partial charge in [0.25, 0.3) is 0 Å². The van der Waals surface area contributed by atoms with Crippen LogP contribution in [0.4, 0.5) is 0 Å². The molecule has 0 spiro atoms. The summed E-state index contributed by atoms with van der Waals surface area (Å²) in [5.41, 5.74) is 4.62. The highest BCUT2D eigenvalue weighted by atomic mass is 16.5. The molecule has 3 rings (SSSR count). The number of methoxy groups -OCH3 is 1. The Kier molecular flexibility index (Phi) is 6.84. The average molecular weight is 350 g/mol. The van der Waals surface area contributed by atoms with Crippen molar-refractivity contribution in [2.24, 2.45) is 0 Å². The number of Topliss-reactive ketones (excluding diaryl/α,β-unsaturated/α-hetero) is 1. The van der Waals surface area contributed by atoms with E-state index in [0.29, 0.717) is 23.4 Å². The van der Waals surface area contributed by atoms with Gasteiger partial charge in [0.15, 0.2) is 17.2 Å². The number of fused-ring (bicyclic) bond motifs is 1. The number of carbonyl (C=O) groups is 1. The zero-order chi connectivity index (χ0) is 19.1. The van der Waals surface area contributed by atoms with Gasteiger partial charge in [-0.05, 0) is 30.5 Å². The maximum absolute atomic E-state index is 12.0. The second-order valence-corrected chi connectivity index (χ2v) is 5.86. The highest BCUT2D eigenvalue weighted by molar-refractivity contribution is 6.01. The lowest BCUT2D eigenvalue weighted by molar-refractivity contribution is 0.0980. The summed E-state index contributed by atoms with van der Waals surface area (Å²) >= 11 is 0. The molecule has 1 aromatic carbocycles. The topological polar surface area (TPSA) is 52.1 Å². The standard InChI is InChI=1S/C20H20N2O2.C2H6/c1-4-17(23)19-20(24-3)18-16(12-22-19)10-15(11-21-18)9-14-7-5-13(2)6-8-14;1-2/h5-8,10-12H,4,9H2,1-3H3;1-2H3. The van der Waals surface area contributed by atoms with Gasteiger partial charge in [-0.3, -0.25) is 9.78 Å². The number of rotatable bonds is 5. The van der Waals surface area contributed by atoms with Crippen molar-refractivity contribution in [3.63, 3.8) is 0 Å². The number of hydrogen-bond acceptors (Lipinski definition) is 4. The Hall–Kier alpha value is -2.75. The molecule has 4 nitrogen and oxygen atoms in total. The van der Waals surface area contributed by atoms with Gasteiger partial charge >= 0.3 is 0 Å². The van der Waals surface area contributed by atoms with Crippen LogP contribution in [-0.4, -0.2) is 22.9 Å². The third kappa shape index (κ3) is 4.26. The molecule has 0 aliphatic heterocycles. The first-order valence-corrected chi connectivity index (χ1v) is 9.02. The first kappa shape index (κ1) is 19.6. The van der Waals surface area contributed by atoms with E-state index in [9.17, 15) is 4.79 Å². The summed E-state index contributed by atoms with van der Waals surface area (Å²) in [5, 5.41) is 0.879. The number of aryl methyl sites for hydroxylation is 1. The van der Waals surface area contributed by atoms with E-state index in [2.05, 4.69) is 47.2 Å². The first-order chi connectivity index (χ1) is 12.6. The molecule has 136 valence electrons. The summed E-state index contributed by atoms with van der Waals surface area (Å²) in [4.78, 5) is 20.8. The summed E-state index contributed by atoms with van der Waals surface area (Å²) in [5.74, 6) is 0.417. The number of hydrogen-bond donors (Lipinski definition) is 0. The number of aromatic nitrogens is 2. The van der Waals surface area contributed by atoms with Crippen molar-refractivity contribution >= 4 is 16.7 Å². The van der Waals surface area contributed by atoms with E-state index in [4.69, 9.17) is 4.74 Å². The van der Waals surface area contributed by atoms with Gasteiger partial charge in [-0.2, -0.15) is 0 Å². The molecule has 0 atom stereocenters. The van der Waals surface area contributed by atoms with E-state index >= 15 is 0 Å². The van der Waals surface area contributed by atoms with E-state index < -0.39 is 0 Å². The minimum absolute atomic E-state index is 0.0423. The van der Waals surface area contributed by atoms with Gasteiger partial charge in [0, 0.05) is 24.2 Å². The Morgan fingerprint density at radius 1 is 1.04 bits per heavy atom. The van der Waals surface area contributed by atoms with Gasteiger partial charge < -0.3 is 4.74 Å². The first-order valence-electron chi connectivity index (χ1n) is 9.02. The molecule has 2 heterocycles. The van der Waals surface area contributed by atoms with Crippen LogP contribution in [0, 0.1) is 6.92 Å². The van der Waals surface area contributed by atoms with Crippen LogP contribution in [0.25, 0.3) is 10.9 Å². The van der Waals surface area contributed by atoms with Crippen molar-refractivity contribution in [3.05, 3.63) is 65.1 Å². The van der Waals surface area contributed by atoms with E-state index in [-0.39, 0.29) is 5.78 Å². The molecule has 2 aromatic heterocycles. The predicted octanol–water partition coefficient (Wildman–Crippen LogP) is 5.16. The summed E-state index contributed by atoms with van der Waals surface area (Å²) in [6.45, 7) is 7.89. The summed E-state index contributed by atoms with van der Waals surface area (Å²) < 4.78 is 5.41. The van der Waals surface area contributed by atoms with Crippen molar-refractivity contribution in [3.8, 4) is 5.75 Å². The largest absolute Gasteiger partial charge is 0.492 e. The van der Waals surface area contributed by atoms with Gasteiger partial charge in [-0.25, -0.2) is 4.98 Å². The minimum atomic E-state index is -0.0423. The van der Waals surface area contributed by atoms with E-state index in [1.165, 1.54) is 11.1 Å². The molecular weight excluding hydrogens is 324 g/mol. The second kappa shape index (κ2) is 9.09. The average Bonchev–Trinajstić information content (AvgIpc) is 2.69. The fourth-order valence-corrected chi connectivity index (χ4v) is 2.72. The van der Waals surface area contributed by atoms with Gasteiger partial charge in [0.1, 0.15) is 5.52 Å². The number of carbonyl (C=O) groups excluding carboxylic acids is 1. The lowest BCUT2D eigenvalue weighted by Gasteiger charge is -2.10. The summed E-state index contributed by atoms with van der Waals surface area (Å²) in [7, 11) is 1.55. The molecule has 0 unspecified atom stereocenters. The van der Waals surface area contributed by atoms with Crippen LogP contribution in [0.15, 0.2) is 42.7 Å². The highest BCUT2D eigenvalue weighted by Gasteiger charge is 2.16. The molecule has 0 aliphatic carbocycles. The minimum Gasteiger partial charge on any atom is -0.492 e. The van der Waals surface area contributed by atoms with Crippen molar-refractivity contribution < 1.29 is 9.53 Å². The monoisotopic (exact) mass is 350 g/mol.